The summed E-state index contributed by atoms with van der Waals surface area (Å²) in [6.07, 6.45) is 1.22. The quantitative estimate of drug-likeness (QED) is 0.801. The van der Waals surface area contributed by atoms with Crippen LogP contribution in [0.4, 0.5) is 4.39 Å². The molecule has 0 aliphatic carbocycles. The molecule has 4 nitrogen and oxygen atoms in total. The number of nitrogens with zero attached hydrogens (tertiary/aromatic N) is 1. The van der Waals surface area contributed by atoms with E-state index in [1.807, 2.05) is 13.8 Å². The van der Waals surface area contributed by atoms with E-state index in [1.54, 1.807) is 0 Å². The van der Waals surface area contributed by atoms with E-state index in [9.17, 15) is 9.18 Å². The standard InChI is InChI=1S/C14H16FNO3/c1-14(2,9-16)7-4-8-19-11-6-3-5-10(15)12(11)13(17)18/h3,5-6H,4,7-8H2,1-2H3,(H,17,18). The van der Waals surface area contributed by atoms with Crippen LogP contribution in [0.3, 0.4) is 0 Å². The largest absolute Gasteiger partial charge is 0.493 e. The Morgan fingerprint density at radius 2 is 2.21 bits per heavy atom. The molecular formula is C14H16FNO3. The smallest absolute Gasteiger partial charge is 0.342 e. The molecule has 0 saturated carbocycles. The number of benzene rings is 1. The van der Waals surface area contributed by atoms with Gasteiger partial charge >= 0.3 is 5.97 Å². The third-order valence-electron chi connectivity index (χ3n) is 2.70. The van der Waals surface area contributed by atoms with Crippen molar-refractivity contribution in [2.24, 2.45) is 5.41 Å². The summed E-state index contributed by atoms with van der Waals surface area (Å²) >= 11 is 0. The maximum Gasteiger partial charge on any atom is 0.342 e. The van der Waals surface area contributed by atoms with E-state index in [0.29, 0.717) is 12.8 Å². The van der Waals surface area contributed by atoms with E-state index in [-0.39, 0.29) is 12.4 Å². The summed E-state index contributed by atoms with van der Waals surface area (Å²) in [4.78, 5) is 10.9. The molecule has 0 spiro atoms. The van der Waals surface area contributed by atoms with Crippen molar-refractivity contribution in [1.82, 2.24) is 0 Å². The van der Waals surface area contributed by atoms with Gasteiger partial charge in [0.25, 0.3) is 0 Å². The van der Waals surface area contributed by atoms with E-state index in [2.05, 4.69) is 6.07 Å². The number of ether oxygens (including phenoxy) is 1. The molecule has 0 bridgehead atoms. The zero-order chi connectivity index (χ0) is 14.5. The van der Waals surface area contributed by atoms with Gasteiger partial charge in [-0.1, -0.05) is 6.07 Å². The molecule has 0 aliphatic heterocycles. The van der Waals surface area contributed by atoms with Gasteiger partial charge in [0.15, 0.2) is 0 Å². The minimum absolute atomic E-state index is 0.0160. The highest BCUT2D eigenvalue weighted by molar-refractivity contribution is 5.91. The first kappa shape index (κ1) is 15.0. The minimum atomic E-state index is -1.36. The predicted molar refractivity (Wildman–Crippen MR) is 67.5 cm³/mol. The van der Waals surface area contributed by atoms with Gasteiger partial charge in [-0.15, -0.1) is 0 Å². The molecule has 0 atom stereocenters. The second kappa shape index (κ2) is 6.19. The molecule has 5 heteroatoms. The Hall–Kier alpha value is -2.09. The molecule has 0 aliphatic rings. The number of hydrogen-bond donors (Lipinski definition) is 1. The van der Waals surface area contributed by atoms with Gasteiger partial charge in [-0.05, 0) is 38.8 Å². The lowest BCUT2D eigenvalue weighted by Gasteiger charge is -2.15. The van der Waals surface area contributed by atoms with Crippen LogP contribution >= 0.6 is 0 Å². The Balaban J connectivity index is 2.62. The Labute approximate surface area is 111 Å². The first-order valence-electron chi connectivity index (χ1n) is 5.93. The van der Waals surface area contributed by atoms with Crippen LogP contribution in [0.5, 0.6) is 5.75 Å². The van der Waals surface area contributed by atoms with E-state index in [4.69, 9.17) is 15.1 Å². The molecule has 0 saturated heterocycles. The Morgan fingerprint density at radius 1 is 1.53 bits per heavy atom. The first-order valence-corrected chi connectivity index (χ1v) is 5.93. The summed E-state index contributed by atoms with van der Waals surface area (Å²) in [5.41, 5.74) is -0.900. The molecule has 0 fully saturated rings. The zero-order valence-corrected chi connectivity index (χ0v) is 10.9. The van der Waals surface area contributed by atoms with Crippen molar-refractivity contribution in [3.8, 4) is 11.8 Å². The molecule has 1 N–H and O–H groups in total. The van der Waals surface area contributed by atoms with Crippen molar-refractivity contribution in [1.29, 1.82) is 5.26 Å². The number of carbonyl (C=O) groups is 1. The Bertz CT molecular complexity index is 506. The second-order valence-corrected chi connectivity index (χ2v) is 4.87. The Morgan fingerprint density at radius 3 is 2.79 bits per heavy atom. The van der Waals surface area contributed by atoms with E-state index < -0.39 is 22.8 Å². The lowest BCUT2D eigenvalue weighted by atomic mass is 9.90. The van der Waals surface area contributed by atoms with Crippen LogP contribution < -0.4 is 4.74 Å². The second-order valence-electron chi connectivity index (χ2n) is 4.87. The highest BCUT2D eigenvalue weighted by atomic mass is 19.1. The summed E-state index contributed by atoms with van der Waals surface area (Å²) < 4.78 is 18.6. The third-order valence-corrected chi connectivity index (χ3v) is 2.70. The minimum Gasteiger partial charge on any atom is -0.493 e. The van der Waals surface area contributed by atoms with E-state index in [0.717, 1.165) is 6.07 Å². The number of carboxylic acids is 1. The van der Waals surface area contributed by atoms with Gasteiger partial charge in [-0.25, -0.2) is 9.18 Å². The maximum absolute atomic E-state index is 13.4. The van der Waals surface area contributed by atoms with Crippen LogP contribution in [-0.4, -0.2) is 17.7 Å². The number of aromatic carboxylic acids is 1. The number of rotatable bonds is 6. The maximum atomic E-state index is 13.4. The van der Waals surface area contributed by atoms with Gasteiger partial charge in [0.1, 0.15) is 17.1 Å². The van der Waals surface area contributed by atoms with E-state index >= 15 is 0 Å². The molecule has 0 heterocycles. The van der Waals surface area contributed by atoms with Crippen molar-refractivity contribution in [3.05, 3.63) is 29.6 Å². The topological polar surface area (TPSA) is 70.3 Å². The molecule has 1 aromatic carbocycles. The van der Waals surface area contributed by atoms with Crippen molar-refractivity contribution in [3.63, 3.8) is 0 Å². The predicted octanol–water partition coefficient (Wildman–Crippen LogP) is 3.23. The monoisotopic (exact) mass is 265 g/mol. The van der Waals surface area contributed by atoms with Gasteiger partial charge in [0.2, 0.25) is 0 Å². The molecule has 19 heavy (non-hydrogen) atoms. The number of nitriles is 1. The lowest BCUT2D eigenvalue weighted by Crippen LogP contribution is -2.11. The highest BCUT2D eigenvalue weighted by Gasteiger charge is 2.18. The number of hydrogen-bond acceptors (Lipinski definition) is 3. The average molecular weight is 265 g/mol. The number of halogens is 1. The summed E-state index contributed by atoms with van der Waals surface area (Å²) in [5, 5.41) is 17.8. The van der Waals surface area contributed by atoms with Gasteiger partial charge in [-0.2, -0.15) is 5.26 Å². The van der Waals surface area contributed by atoms with Gasteiger partial charge < -0.3 is 9.84 Å². The first-order chi connectivity index (χ1) is 8.87. The zero-order valence-electron chi connectivity index (χ0n) is 10.9. The van der Waals surface area contributed by atoms with Crippen LogP contribution in [0.15, 0.2) is 18.2 Å². The molecular weight excluding hydrogens is 249 g/mol. The number of carboxylic acid groups (broad SMARTS) is 1. The molecule has 1 aromatic rings. The van der Waals surface area contributed by atoms with Gasteiger partial charge in [0, 0.05) is 0 Å². The molecule has 0 radical (unpaired) electrons. The van der Waals surface area contributed by atoms with Crippen LogP contribution in [-0.2, 0) is 0 Å². The van der Waals surface area contributed by atoms with Gasteiger partial charge in [0.05, 0.1) is 18.1 Å². The van der Waals surface area contributed by atoms with Crippen molar-refractivity contribution >= 4 is 5.97 Å². The average Bonchev–Trinajstić information content (AvgIpc) is 2.34. The summed E-state index contributed by atoms with van der Waals surface area (Å²) in [5.74, 6) is -2.16. The van der Waals surface area contributed by atoms with E-state index in [1.165, 1.54) is 12.1 Å². The van der Waals surface area contributed by atoms with Crippen LogP contribution in [0.25, 0.3) is 0 Å². The summed E-state index contributed by atoms with van der Waals surface area (Å²) in [7, 11) is 0. The van der Waals surface area contributed by atoms with Crippen LogP contribution in [0.1, 0.15) is 37.0 Å². The summed E-state index contributed by atoms with van der Waals surface area (Å²) in [6, 6.07) is 6.07. The Kier molecular flexibility index (Phi) is 4.87. The normalized spacial score (nSPS) is 10.8. The van der Waals surface area contributed by atoms with Gasteiger partial charge in [-0.3, -0.25) is 0 Å². The highest BCUT2D eigenvalue weighted by Crippen LogP contribution is 2.24. The SMILES string of the molecule is CC(C)(C#N)CCCOc1cccc(F)c1C(=O)O. The fourth-order valence-electron chi connectivity index (χ4n) is 1.58. The van der Waals surface area contributed by atoms with Crippen molar-refractivity contribution in [2.45, 2.75) is 26.7 Å². The fourth-order valence-corrected chi connectivity index (χ4v) is 1.58. The third kappa shape index (κ3) is 4.25. The van der Waals surface area contributed by atoms with Crippen molar-refractivity contribution in [2.75, 3.05) is 6.61 Å². The van der Waals surface area contributed by atoms with Crippen molar-refractivity contribution < 1.29 is 19.0 Å². The lowest BCUT2D eigenvalue weighted by molar-refractivity contribution is 0.0686. The fraction of sp³-hybridized carbons (Fsp3) is 0.429. The molecule has 102 valence electrons. The molecule has 0 aromatic heterocycles. The molecule has 0 unspecified atom stereocenters. The van der Waals surface area contributed by atoms with Crippen LogP contribution in [0, 0.1) is 22.6 Å². The molecule has 1 rings (SSSR count). The molecule has 0 amide bonds. The summed E-state index contributed by atoms with van der Waals surface area (Å²) in [6.45, 7) is 3.88. The van der Waals surface area contributed by atoms with Crippen LogP contribution in [0.2, 0.25) is 0 Å².